The first-order chi connectivity index (χ1) is 18.7. The van der Waals surface area contributed by atoms with Gasteiger partial charge in [-0.1, -0.05) is 12.1 Å². The van der Waals surface area contributed by atoms with Crippen LogP contribution >= 0.6 is 0 Å². The number of para-hydroxylation sites is 1. The van der Waals surface area contributed by atoms with Gasteiger partial charge < -0.3 is 26.0 Å². The molecule has 4 N–H and O–H groups in total. The maximum Gasteiger partial charge on any atom is 0.421 e. The topological polar surface area (TPSA) is 117 Å². The molecule has 0 fully saturated rings. The number of halogens is 3. The zero-order chi connectivity index (χ0) is 28.0. The van der Waals surface area contributed by atoms with E-state index in [1.165, 1.54) is 26.3 Å². The lowest BCUT2D eigenvalue weighted by Crippen LogP contribution is -2.20. The molecule has 200 valence electrons. The predicted octanol–water partition coefficient (Wildman–Crippen LogP) is 5.60. The van der Waals surface area contributed by atoms with Gasteiger partial charge in [-0.05, 0) is 60.7 Å². The van der Waals surface area contributed by atoms with Gasteiger partial charge in [0.15, 0.2) is 0 Å². The van der Waals surface area contributed by atoms with E-state index in [1.807, 2.05) is 0 Å². The largest absolute Gasteiger partial charge is 0.497 e. The van der Waals surface area contributed by atoms with E-state index in [-0.39, 0.29) is 23.1 Å². The van der Waals surface area contributed by atoms with Crippen molar-refractivity contribution in [1.82, 2.24) is 15.3 Å². The number of anilines is 5. The summed E-state index contributed by atoms with van der Waals surface area (Å²) in [6.07, 6.45) is -4.09. The molecule has 12 heteroatoms. The molecule has 0 saturated heterocycles. The number of methoxy groups -OCH3 is 1. The van der Waals surface area contributed by atoms with Gasteiger partial charge in [0.1, 0.15) is 17.1 Å². The van der Waals surface area contributed by atoms with Crippen molar-refractivity contribution in [2.45, 2.75) is 6.18 Å². The molecule has 1 heterocycles. The Morgan fingerprint density at radius 1 is 0.846 bits per heavy atom. The SMILES string of the molecule is CNC(=O)c1ccccc1Nc1nc(Nc2ccc(NC(=O)c3ccc(OC)cc3)cc2)ncc1C(F)(F)F. The van der Waals surface area contributed by atoms with Gasteiger partial charge in [-0.3, -0.25) is 9.59 Å². The number of hydrogen-bond donors (Lipinski definition) is 4. The van der Waals surface area contributed by atoms with Gasteiger partial charge in [-0.25, -0.2) is 4.98 Å². The molecule has 1 aromatic heterocycles. The van der Waals surface area contributed by atoms with Crippen LogP contribution in [0.25, 0.3) is 0 Å². The van der Waals surface area contributed by atoms with Crippen molar-refractivity contribution in [3.8, 4) is 5.75 Å². The molecule has 0 aliphatic carbocycles. The highest BCUT2D eigenvalue weighted by atomic mass is 19.4. The Labute approximate surface area is 221 Å². The van der Waals surface area contributed by atoms with Crippen molar-refractivity contribution in [3.63, 3.8) is 0 Å². The molecule has 0 radical (unpaired) electrons. The van der Waals surface area contributed by atoms with Gasteiger partial charge in [-0.15, -0.1) is 0 Å². The summed E-state index contributed by atoms with van der Waals surface area (Å²) in [5, 5.41) is 10.7. The van der Waals surface area contributed by atoms with Crippen LogP contribution in [0, 0.1) is 0 Å². The van der Waals surface area contributed by atoms with Crippen LogP contribution in [0.15, 0.2) is 79.0 Å². The van der Waals surface area contributed by atoms with E-state index in [9.17, 15) is 22.8 Å². The minimum Gasteiger partial charge on any atom is -0.497 e. The second kappa shape index (κ2) is 11.5. The number of carbonyl (C=O) groups excluding carboxylic acids is 2. The molecule has 4 aromatic rings. The zero-order valence-electron chi connectivity index (χ0n) is 20.8. The highest BCUT2D eigenvalue weighted by Gasteiger charge is 2.35. The maximum atomic E-state index is 13.7. The van der Waals surface area contributed by atoms with E-state index in [2.05, 4.69) is 31.2 Å². The minimum absolute atomic E-state index is 0.113. The predicted molar refractivity (Wildman–Crippen MR) is 141 cm³/mol. The van der Waals surface area contributed by atoms with Crippen molar-refractivity contribution >= 4 is 40.6 Å². The van der Waals surface area contributed by atoms with Crippen LogP contribution < -0.4 is 26.0 Å². The van der Waals surface area contributed by atoms with Crippen molar-refractivity contribution in [2.75, 3.05) is 30.1 Å². The van der Waals surface area contributed by atoms with Gasteiger partial charge in [0.25, 0.3) is 11.8 Å². The first kappa shape index (κ1) is 26.9. The normalized spacial score (nSPS) is 10.9. The van der Waals surface area contributed by atoms with E-state index in [4.69, 9.17) is 4.74 Å². The molecule has 2 amide bonds. The Bertz CT molecular complexity index is 1480. The van der Waals surface area contributed by atoms with Crippen LogP contribution in [0.3, 0.4) is 0 Å². The third kappa shape index (κ3) is 6.60. The number of alkyl halides is 3. The number of benzene rings is 3. The van der Waals surface area contributed by atoms with Crippen LogP contribution in [0.1, 0.15) is 26.3 Å². The maximum absolute atomic E-state index is 13.7. The van der Waals surface area contributed by atoms with Crippen LogP contribution in [0.2, 0.25) is 0 Å². The van der Waals surface area contributed by atoms with E-state index >= 15 is 0 Å². The molecule has 0 aliphatic rings. The average molecular weight is 537 g/mol. The highest BCUT2D eigenvalue weighted by molar-refractivity contribution is 6.04. The van der Waals surface area contributed by atoms with E-state index in [0.717, 1.165) is 0 Å². The summed E-state index contributed by atoms with van der Waals surface area (Å²) in [5.74, 6) is -0.811. The smallest absolute Gasteiger partial charge is 0.421 e. The van der Waals surface area contributed by atoms with Gasteiger partial charge in [-0.2, -0.15) is 18.2 Å². The Morgan fingerprint density at radius 3 is 2.15 bits per heavy atom. The number of nitrogens with zero attached hydrogens (tertiary/aromatic N) is 2. The first-order valence-electron chi connectivity index (χ1n) is 11.5. The van der Waals surface area contributed by atoms with Gasteiger partial charge in [0.2, 0.25) is 5.95 Å². The van der Waals surface area contributed by atoms with Gasteiger partial charge in [0.05, 0.1) is 18.4 Å². The summed E-state index contributed by atoms with van der Waals surface area (Å²) in [5.41, 5.74) is 0.597. The van der Waals surface area contributed by atoms with Crippen LogP contribution in [0.4, 0.5) is 42.0 Å². The van der Waals surface area contributed by atoms with Crippen molar-refractivity contribution in [2.24, 2.45) is 0 Å². The minimum atomic E-state index is -4.74. The number of ether oxygens (including phenoxy) is 1. The molecule has 0 saturated carbocycles. The van der Waals surface area contributed by atoms with E-state index in [1.54, 1.807) is 60.7 Å². The van der Waals surface area contributed by atoms with Crippen LogP contribution in [-0.4, -0.2) is 35.9 Å². The summed E-state index contributed by atoms with van der Waals surface area (Å²) in [4.78, 5) is 32.4. The van der Waals surface area contributed by atoms with Crippen molar-refractivity contribution in [3.05, 3.63) is 95.7 Å². The second-order valence-corrected chi connectivity index (χ2v) is 8.09. The third-order valence-electron chi connectivity index (χ3n) is 5.50. The monoisotopic (exact) mass is 536 g/mol. The highest BCUT2D eigenvalue weighted by Crippen LogP contribution is 2.36. The third-order valence-corrected chi connectivity index (χ3v) is 5.50. The number of rotatable bonds is 8. The fourth-order valence-corrected chi connectivity index (χ4v) is 3.51. The summed E-state index contributed by atoms with van der Waals surface area (Å²) >= 11 is 0. The quantitative estimate of drug-likeness (QED) is 0.232. The molecule has 39 heavy (non-hydrogen) atoms. The molecular formula is C27H23F3N6O3. The molecule has 0 unspecified atom stereocenters. The van der Waals surface area contributed by atoms with Crippen LogP contribution in [-0.2, 0) is 6.18 Å². The van der Waals surface area contributed by atoms with E-state index < -0.39 is 23.5 Å². The Hall–Kier alpha value is -5.13. The number of hydrogen-bond acceptors (Lipinski definition) is 7. The second-order valence-electron chi connectivity index (χ2n) is 8.09. The molecule has 3 aromatic carbocycles. The zero-order valence-corrected chi connectivity index (χ0v) is 20.8. The summed E-state index contributed by atoms with van der Waals surface area (Å²) in [7, 11) is 2.95. The molecule has 0 spiro atoms. The lowest BCUT2D eigenvalue weighted by Gasteiger charge is -2.16. The number of aromatic nitrogens is 2. The standard InChI is InChI=1S/C27H23F3N6O3/c1-31-25(38)20-5-3-4-6-22(20)35-23-21(27(28,29)30)15-32-26(36-23)34-18-11-9-17(10-12-18)33-24(37)16-7-13-19(39-2)14-8-16/h3-15H,1-2H3,(H,31,38)(H,33,37)(H2,32,34,35,36). The number of nitrogens with one attached hydrogen (secondary N) is 4. The summed E-state index contributed by atoms with van der Waals surface area (Å²) < 4.78 is 46.1. The molecule has 0 atom stereocenters. The van der Waals surface area contributed by atoms with Crippen LogP contribution in [0.5, 0.6) is 5.75 Å². The van der Waals surface area contributed by atoms with E-state index in [0.29, 0.717) is 28.9 Å². The first-order valence-corrected chi connectivity index (χ1v) is 11.5. The lowest BCUT2D eigenvalue weighted by atomic mass is 10.1. The molecule has 4 rings (SSSR count). The fourth-order valence-electron chi connectivity index (χ4n) is 3.51. The number of amides is 2. The molecule has 0 aliphatic heterocycles. The molecular weight excluding hydrogens is 513 g/mol. The average Bonchev–Trinajstić information content (AvgIpc) is 2.93. The number of carbonyl (C=O) groups is 2. The lowest BCUT2D eigenvalue weighted by molar-refractivity contribution is -0.137. The Balaban J connectivity index is 1.52. The van der Waals surface area contributed by atoms with Gasteiger partial charge in [0, 0.05) is 30.2 Å². The van der Waals surface area contributed by atoms with Crippen molar-refractivity contribution in [1.29, 1.82) is 0 Å². The van der Waals surface area contributed by atoms with Crippen molar-refractivity contribution < 1.29 is 27.5 Å². The molecule has 9 nitrogen and oxygen atoms in total. The Morgan fingerprint density at radius 2 is 1.51 bits per heavy atom. The summed E-state index contributed by atoms with van der Waals surface area (Å²) in [6.45, 7) is 0. The summed E-state index contributed by atoms with van der Waals surface area (Å²) in [6, 6.07) is 19.2. The molecule has 0 bridgehead atoms. The Kier molecular flexibility index (Phi) is 7.94. The fraction of sp³-hybridized carbons (Fsp3) is 0.111. The van der Waals surface area contributed by atoms with Gasteiger partial charge >= 0.3 is 6.18 Å².